The Morgan fingerprint density at radius 1 is 1.15 bits per heavy atom. The lowest BCUT2D eigenvalue weighted by Crippen LogP contribution is -2.26. The molecule has 138 valence electrons. The molecular weight excluding hydrogens is 348 g/mol. The predicted octanol–water partition coefficient (Wildman–Crippen LogP) is 4.70. The maximum atomic E-state index is 12.1. The van der Waals surface area contributed by atoms with Crippen LogP contribution in [0.1, 0.15) is 36.8 Å². The van der Waals surface area contributed by atoms with Gasteiger partial charge < -0.3 is 15.4 Å². The number of anilines is 1. The van der Waals surface area contributed by atoms with E-state index >= 15 is 0 Å². The summed E-state index contributed by atoms with van der Waals surface area (Å²) in [6.45, 7) is 2.67. The van der Waals surface area contributed by atoms with Crippen LogP contribution in [0, 0.1) is 6.92 Å². The highest BCUT2D eigenvalue weighted by atomic mass is 35.5. The number of carbonyl (C=O) groups is 1. The van der Waals surface area contributed by atoms with Crippen LogP contribution in [-0.4, -0.2) is 18.6 Å². The molecule has 4 nitrogen and oxygen atoms in total. The summed E-state index contributed by atoms with van der Waals surface area (Å²) in [6.07, 6.45) is 5.01. The maximum absolute atomic E-state index is 12.1. The van der Waals surface area contributed by atoms with Gasteiger partial charge in [-0.2, -0.15) is 0 Å². The minimum Gasteiger partial charge on any atom is -0.483 e. The van der Waals surface area contributed by atoms with E-state index in [1.54, 1.807) is 6.07 Å². The zero-order valence-electron chi connectivity index (χ0n) is 15.1. The molecular formula is C21H25ClN2O2. The number of rotatable bonds is 7. The fourth-order valence-corrected chi connectivity index (χ4v) is 3.38. The number of hydrogen-bond donors (Lipinski definition) is 2. The number of halogens is 1. The molecule has 0 spiro atoms. The third-order valence-corrected chi connectivity index (χ3v) is 4.89. The topological polar surface area (TPSA) is 50.4 Å². The molecule has 2 N–H and O–H groups in total. The first-order valence-electron chi connectivity index (χ1n) is 9.11. The Balaban J connectivity index is 1.56. The normalized spacial score (nSPS) is 14.4. The van der Waals surface area contributed by atoms with E-state index in [1.807, 2.05) is 43.3 Å². The fraction of sp³-hybridized carbons (Fsp3) is 0.381. The van der Waals surface area contributed by atoms with E-state index in [0.717, 1.165) is 16.8 Å². The van der Waals surface area contributed by atoms with Gasteiger partial charge in [0.05, 0.1) is 0 Å². The van der Waals surface area contributed by atoms with Crippen LogP contribution in [0.15, 0.2) is 42.5 Å². The number of benzene rings is 2. The molecule has 1 saturated carbocycles. The van der Waals surface area contributed by atoms with Gasteiger partial charge in [-0.1, -0.05) is 42.1 Å². The van der Waals surface area contributed by atoms with Gasteiger partial charge in [0.25, 0.3) is 5.91 Å². The van der Waals surface area contributed by atoms with Crippen molar-refractivity contribution in [3.8, 4) is 5.75 Å². The quantitative estimate of drug-likeness (QED) is 0.740. The monoisotopic (exact) mass is 372 g/mol. The van der Waals surface area contributed by atoms with Crippen LogP contribution < -0.4 is 15.4 Å². The van der Waals surface area contributed by atoms with Crippen molar-refractivity contribution in [3.63, 3.8) is 0 Å². The largest absolute Gasteiger partial charge is 0.483 e. The van der Waals surface area contributed by atoms with Crippen LogP contribution in [0.4, 0.5) is 5.69 Å². The van der Waals surface area contributed by atoms with Crippen LogP contribution in [0.25, 0.3) is 0 Å². The summed E-state index contributed by atoms with van der Waals surface area (Å²) in [5, 5.41) is 7.07. The summed E-state index contributed by atoms with van der Waals surface area (Å²) in [7, 11) is 0. The first-order valence-corrected chi connectivity index (χ1v) is 9.49. The van der Waals surface area contributed by atoms with Crippen LogP contribution >= 0.6 is 11.6 Å². The Hall–Kier alpha value is -2.04. The summed E-state index contributed by atoms with van der Waals surface area (Å²) >= 11 is 6.13. The zero-order chi connectivity index (χ0) is 18.4. The minimum atomic E-state index is -0.182. The molecule has 0 heterocycles. The number of carbonyl (C=O) groups excluding carboxylic acids is 1. The Bertz CT molecular complexity index is 740. The van der Waals surface area contributed by atoms with Crippen LogP contribution in [0.5, 0.6) is 5.75 Å². The van der Waals surface area contributed by atoms with E-state index < -0.39 is 0 Å². The molecule has 0 bridgehead atoms. The molecule has 0 saturated heterocycles. The Morgan fingerprint density at radius 3 is 2.62 bits per heavy atom. The maximum Gasteiger partial charge on any atom is 0.262 e. The predicted molar refractivity (Wildman–Crippen MR) is 106 cm³/mol. The third-order valence-electron chi connectivity index (χ3n) is 4.65. The van der Waals surface area contributed by atoms with Crippen LogP contribution in [0.2, 0.25) is 5.02 Å². The molecule has 26 heavy (non-hydrogen) atoms. The Labute approximate surface area is 159 Å². The van der Waals surface area contributed by atoms with Crippen molar-refractivity contribution in [1.82, 2.24) is 5.32 Å². The Kier molecular flexibility index (Phi) is 6.53. The molecule has 5 heteroatoms. The highest BCUT2D eigenvalue weighted by Crippen LogP contribution is 2.24. The van der Waals surface area contributed by atoms with Crippen molar-refractivity contribution in [1.29, 1.82) is 0 Å². The lowest BCUT2D eigenvalue weighted by molar-refractivity contribution is -0.118. The second kappa shape index (κ2) is 9.06. The average molecular weight is 373 g/mol. The lowest BCUT2D eigenvalue weighted by Gasteiger charge is -2.15. The summed E-state index contributed by atoms with van der Waals surface area (Å²) in [5.74, 6) is 0.512. The van der Waals surface area contributed by atoms with Gasteiger partial charge in [0.1, 0.15) is 5.75 Å². The SMILES string of the molecule is Cc1ccc(NC(=O)COc2ccc(Cl)cc2CNC2CCCC2)cc1. The molecule has 0 unspecified atom stereocenters. The van der Waals surface area contributed by atoms with Crippen molar-refractivity contribution >= 4 is 23.2 Å². The van der Waals surface area contributed by atoms with Crippen molar-refractivity contribution in [2.24, 2.45) is 0 Å². The van der Waals surface area contributed by atoms with Crippen molar-refractivity contribution in [2.75, 3.05) is 11.9 Å². The zero-order valence-corrected chi connectivity index (χ0v) is 15.8. The van der Waals surface area contributed by atoms with Gasteiger partial charge in [-0.3, -0.25) is 4.79 Å². The lowest BCUT2D eigenvalue weighted by atomic mass is 10.1. The molecule has 0 aliphatic heterocycles. The van der Waals surface area contributed by atoms with E-state index in [4.69, 9.17) is 16.3 Å². The van der Waals surface area contributed by atoms with Gasteiger partial charge in [0, 0.05) is 28.9 Å². The van der Waals surface area contributed by atoms with E-state index in [2.05, 4.69) is 10.6 Å². The molecule has 0 radical (unpaired) electrons. The molecule has 3 rings (SSSR count). The highest BCUT2D eigenvalue weighted by molar-refractivity contribution is 6.30. The minimum absolute atomic E-state index is 0.0358. The van der Waals surface area contributed by atoms with Gasteiger partial charge >= 0.3 is 0 Å². The van der Waals surface area contributed by atoms with E-state index in [9.17, 15) is 4.79 Å². The van der Waals surface area contributed by atoms with Gasteiger partial charge in [-0.05, 0) is 50.1 Å². The van der Waals surface area contributed by atoms with Gasteiger partial charge in [0.15, 0.2) is 6.61 Å². The summed E-state index contributed by atoms with van der Waals surface area (Å²) in [6, 6.07) is 13.8. The third kappa shape index (κ3) is 5.48. The second-order valence-corrected chi connectivity index (χ2v) is 7.25. The number of aryl methyl sites for hydroxylation is 1. The van der Waals surface area contributed by atoms with Crippen molar-refractivity contribution in [2.45, 2.75) is 45.2 Å². The number of amides is 1. The number of nitrogens with one attached hydrogen (secondary N) is 2. The fourth-order valence-electron chi connectivity index (χ4n) is 3.19. The summed E-state index contributed by atoms with van der Waals surface area (Å²) < 4.78 is 5.75. The average Bonchev–Trinajstić information content (AvgIpc) is 3.14. The summed E-state index contributed by atoms with van der Waals surface area (Å²) in [5.41, 5.74) is 2.90. The second-order valence-electron chi connectivity index (χ2n) is 6.82. The van der Waals surface area contributed by atoms with Gasteiger partial charge in [-0.25, -0.2) is 0 Å². The number of hydrogen-bond acceptors (Lipinski definition) is 3. The molecule has 2 aromatic carbocycles. The molecule has 1 aliphatic rings. The van der Waals surface area contributed by atoms with Gasteiger partial charge in [-0.15, -0.1) is 0 Å². The Morgan fingerprint density at radius 2 is 1.88 bits per heavy atom. The molecule has 1 fully saturated rings. The molecule has 0 aromatic heterocycles. The molecule has 2 aromatic rings. The number of ether oxygens (including phenoxy) is 1. The highest BCUT2D eigenvalue weighted by Gasteiger charge is 2.15. The molecule has 1 amide bonds. The molecule has 1 aliphatic carbocycles. The van der Waals surface area contributed by atoms with E-state index in [-0.39, 0.29) is 12.5 Å². The van der Waals surface area contributed by atoms with Crippen LogP contribution in [-0.2, 0) is 11.3 Å². The van der Waals surface area contributed by atoms with E-state index in [1.165, 1.54) is 25.7 Å². The summed E-state index contributed by atoms with van der Waals surface area (Å²) in [4.78, 5) is 12.1. The van der Waals surface area contributed by atoms with Crippen molar-refractivity contribution in [3.05, 3.63) is 58.6 Å². The van der Waals surface area contributed by atoms with Gasteiger partial charge in [0.2, 0.25) is 0 Å². The van der Waals surface area contributed by atoms with E-state index in [0.29, 0.717) is 23.4 Å². The first kappa shape index (κ1) is 18.7. The van der Waals surface area contributed by atoms with Crippen molar-refractivity contribution < 1.29 is 9.53 Å². The first-order chi connectivity index (χ1) is 12.6. The smallest absolute Gasteiger partial charge is 0.262 e. The van der Waals surface area contributed by atoms with Crippen LogP contribution in [0.3, 0.4) is 0 Å². The molecule has 0 atom stereocenters. The standard InChI is InChI=1S/C21H25ClN2O2/c1-15-6-9-19(10-7-15)24-21(25)14-26-20-11-8-17(22)12-16(20)13-23-18-4-2-3-5-18/h6-12,18,23H,2-5,13-14H2,1H3,(H,24,25).